The summed E-state index contributed by atoms with van der Waals surface area (Å²) in [6.07, 6.45) is 2.50. The van der Waals surface area contributed by atoms with E-state index in [9.17, 15) is 0 Å². The van der Waals surface area contributed by atoms with Gasteiger partial charge in [-0.15, -0.1) is 0 Å². The van der Waals surface area contributed by atoms with Crippen LogP contribution in [0.3, 0.4) is 0 Å². The van der Waals surface area contributed by atoms with Gasteiger partial charge in [0.15, 0.2) is 8.32 Å². The fraction of sp³-hybridized carbons (Fsp3) is 0.650. The van der Waals surface area contributed by atoms with Crippen LogP contribution in [0, 0.1) is 6.92 Å². The predicted molar refractivity (Wildman–Crippen MR) is 113 cm³/mol. The second-order valence-electron chi connectivity index (χ2n) is 9.20. The van der Waals surface area contributed by atoms with E-state index >= 15 is 0 Å². The van der Waals surface area contributed by atoms with Crippen LogP contribution in [-0.2, 0) is 11.5 Å². The molecular weight excluding hydrogens is 340 g/mol. The van der Waals surface area contributed by atoms with Crippen molar-refractivity contribution in [3.8, 4) is 0 Å². The van der Waals surface area contributed by atoms with Crippen LogP contribution >= 0.6 is 0 Å². The number of piperidine rings is 1. The van der Waals surface area contributed by atoms with Gasteiger partial charge in [-0.25, -0.2) is 0 Å². The van der Waals surface area contributed by atoms with Gasteiger partial charge in [-0.05, 0) is 50.0 Å². The molecule has 0 bridgehead atoms. The van der Waals surface area contributed by atoms with Crippen LogP contribution in [-0.4, -0.2) is 37.3 Å². The Hall–Kier alpha value is -1.53. The molecule has 0 atom stereocenters. The van der Waals surface area contributed by atoms with Crippen molar-refractivity contribution < 1.29 is 4.43 Å². The van der Waals surface area contributed by atoms with Crippen molar-refractivity contribution in [2.24, 2.45) is 7.05 Å². The summed E-state index contributed by atoms with van der Waals surface area (Å²) in [6, 6.07) is 4.27. The van der Waals surface area contributed by atoms with Crippen molar-refractivity contribution in [3.05, 3.63) is 17.8 Å². The van der Waals surface area contributed by atoms with Crippen molar-refractivity contribution in [1.29, 1.82) is 0 Å². The number of anilines is 2. The summed E-state index contributed by atoms with van der Waals surface area (Å²) in [5.41, 5.74) is 10.5. The smallest absolute Gasteiger partial charge is 0.192 e. The minimum atomic E-state index is -1.70. The lowest BCUT2D eigenvalue weighted by Gasteiger charge is -2.42. The molecule has 0 radical (unpaired) electrons. The SMILES string of the molecule is Cc1nn(C)c2cc(N3CCC(O[Si](C)(C)C(C)(C)C)CC3)c(N)cc12. The van der Waals surface area contributed by atoms with E-state index < -0.39 is 8.32 Å². The molecule has 0 spiro atoms. The van der Waals surface area contributed by atoms with Gasteiger partial charge in [0, 0.05) is 31.6 Å². The van der Waals surface area contributed by atoms with E-state index in [4.69, 9.17) is 10.2 Å². The summed E-state index contributed by atoms with van der Waals surface area (Å²) >= 11 is 0. The van der Waals surface area contributed by atoms with Crippen LogP contribution < -0.4 is 10.6 Å². The van der Waals surface area contributed by atoms with Crippen LogP contribution in [0.4, 0.5) is 11.4 Å². The molecule has 1 saturated heterocycles. The Labute approximate surface area is 158 Å². The summed E-state index contributed by atoms with van der Waals surface area (Å²) < 4.78 is 8.56. The second-order valence-corrected chi connectivity index (χ2v) is 14.0. The molecule has 0 unspecified atom stereocenters. The summed E-state index contributed by atoms with van der Waals surface area (Å²) in [5, 5.41) is 5.92. The molecule has 2 N–H and O–H groups in total. The molecule has 1 aliphatic heterocycles. The Bertz CT molecular complexity index is 798. The molecular formula is C20H34N4OSi. The number of nitrogens with zero attached hydrogens (tertiary/aromatic N) is 3. The largest absolute Gasteiger partial charge is 0.414 e. The molecule has 0 aliphatic carbocycles. The molecule has 1 aliphatic rings. The summed E-state index contributed by atoms with van der Waals surface area (Å²) in [6.45, 7) is 15.6. The van der Waals surface area contributed by atoms with Gasteiger partial charge in [0.2, 0.25) is 0 Å². The number of hydrogen-bond acceptors (Lipinski definition) is 4. The van der Waals surface area contributed by atoms with Crippen molar-refractivity contribution in [2.75, 3.05) is 23.7 Å². The number of fused-ring (bicyclic) bond motifs is 1. The predicted octanol–water partition coefficient (Wildman–Crippen LogP) is 4.45. The van der Waals surface area contributed by atoms with Gasteiger partial charge < -0.3 is 15.1 Å². The van der Waals surface area contributed by atoms with Crippen LogP contribution in [0.5, 0.6) is 0 Å². The molecule has 144 valence electrons. The highest BCUT2D eigenvalue weighted by Gasteiger charge is 2.39. The average molecular weight is 375 g/mol. The molecule has 2 aromatic rings. The van der Waals surface area contributed by atoms with Crippen LogP contribution in [0.25, 0.3) is 10.9 Å². The molecule has 0 saturated carbocycles. The minimum Gasteiger partial charge on any atom is -0.414 e. The molecule has 1 aromatic carbocycles. The fourth-order valence-corrected chi connectivity index (χ4v) is 4.99. The van der Waals surface area contributed by atoms with Gasteiger partial charge in [-0.1, -0.05) is 20.8 Å². The second kappa shape index (κ2) is 6.57. The third-order valence-corrected chi connectivity index (χ3v) is 10.8. The number of aryl methyl sites for hydroxylation is 2. The number of nitrogens with two attached hydrogens (primary N) is 1. The normalized spacial score (nSPS) is 17.3. The zero-order valence-corrected chi connectivity index (χ0v) is 18.4. The lowest BCUT2D eigenvalue weighted by molar-refractivity contribution is 0.152. The van der Waals surface area contributed by atoms with E-state index in [0.29, 0.717) is 6.10 Å². The monoisotopic (exact) mass is 374 g/mol. The molecule has 6 heteroatoms. The van der Waals surface area contributed by atoms with Crippen molar-refractivity contribution in [3.63, 3.8) is 0 Å². The molecule has 1 aromatic heterocycles. The van der Waals surface area contributed by atoms with Crippen molar-refractivity contribution in [2.45, 2.75) is 64.8 Å². The van der Waals surface area contributed by atoms with E-state index in [1.807, 2.05) is 18.7 Å². The number of benzene rings is 1. The number of aromatic nitrogens is 2. The maximum absolute atomic E-state index is 6.62. The van der Waals surface area contributed by atoms with Gasteiger partial charge in [0.1, 0.15) is 0 Å². The Morgan fingerprint density at radius 2 is 1.81 bits per heavy atom. The van der Waals surface area contributed by atoms with Gasteiger partial charge in [-0.2, -0.15) is 5.10 Å². The maximum atomic E-state index is 6.62. The lowest BCUT2D eigenvalue weighted by atomic mass is 10.1. The summed E-state index contributed by atoms with van der Waals surface area (Å²) in [5.74, 6) is 0. The zero-order chi connectivity index (χ0) is 19.3. The first kappa shape index (κ1) is 19.2. The quantitative estimate of drug-likeness (QED) is 0.637. The van der Waals surface area contributed by atoms with E-state index in [-0.39, 0.29) is 5.04 Å². The highest BCUT2D eigenvalue weighted by Crippen LogP contribution is 2.39. The van der Waals surface area contributed by atoms with Gasteiger partial charge in [-0.3, -0.25) is 4.68 Å². The Morgan fingerprint density at radius 1 is 1.19 bits per heavy atom. The fourth-order valence-electron chi connectivity index (χ4n) is 3.57. The Morgan fingerprint density at radius 3 is 2.38 bits per heavy atom. The lowest BCUT2D eigenvalue weighted by Crippen LogP contribution is -2.47. The number of nitrogen functional groups attached to an aromatic ring is 1. The topological polar surface area (TPSA) is 56.3 Å². The van der Waals surface area contributed by atoms with Crippen LogP contribution in [0.1, 0.15) is 39.3 Å². The summed E-state index contributed by atoms with van der Waals surface area (Å²) in [4.78, 5) is 2.41. The maximum Gasteiger partial charge on any atom is 0.192 e. The highest BCUT2D eigenvalue weighted by atomic mass is 28.4. The Kier molecular flexibility index (Phi) is 4.86. The minimum absolute atomic E-state index is 0.261. The average Bonchev–Trinajstić information content (AvgIpc) is 2.80. The van der Waals surface area contributed by atoms with E-state index in [1.165, 1.54) is 0 Å². The molecule has 1 fully saturated rings. The third-order valence-electron chi connectivity index (χ3n) is 6.23. The van der Waals surface area contributed by atoms with Gasteiger partial charge in [0.05, 0.1) is 22.6 Å². The molecule has 5 nitrogen and oxygen atoms in total. The number of hydrogen-bond donors (Lipinski definition) is 1. The molecule has 26 heavy (non-hydrogen) atoms. The standard InChI is InChI=1S/C20H34N4OSi/c1-14-16-12-17(21)19(13-18(16)23(5)22-14)24-10-8-15(9-11-24)25-26(6,7)20(2,3)4/h12-13,15H,8-11,21H2,1-7H3. The first-order valence-corrected chi connectivity index (χ1v) is 12.6. The van der Waals surface area contributed by atoms with Crippen LogP contribution in [0.2, 0.25) is 18.1 Å². The molecule has 3 rings (SSSR count). The van der Waals surface area contributed by atoms with Crippen molar-refractivity contribution in [1.82, 2.24) is 9.78 Å². The van der Waals surface area contributed by atoms with Crippen LogP contribution in [0.15, 0.2) is 12.1 Å². The van der Waals surface area contributed by atoms with E-state index in [0.717, 1.165) is 53.9 Å². The Balaban J connectivity index is 1.73. The van der Waals surface area contributed by atoms with Gasteiger partial charge >= 0.3 is 0 Å². The van der Waals surface area contributed by atoms with E-state index in [1.54, 1.807) is 0 Å². The zero-order valence-electron chi connectivity index (χ0n) is 17.4. The highest BCUT2D eigenvalue weighted by molar-refractivity contribution is 6.74. The van der Waals surface area contributed by atoms with Gasteiger partial charge in [0.25, 0.3) is 0 Å². The molecule has 0 amide bonds. The van der Waals surface area contributed by atoms with Crippen molar-refractivity contribution >= 4 is 30.6 Å². The first-order valence-electron chi connectivity index (χ1n) is 9.65. The molecule has 2 heterocycles. The third kappa shape index (κ3) is 3.49. The number of rotatable bonds is 3. The van der Waals surface area contributed by atoms with E-state index in [2.05, 4.69) is 56.0 Å². The summed E-state index contributed by atoms with van der Waals surface area (Å²) in [7, 11) is 0.294. The first-order chi connectivity index (χ1) is 12.0.